The Kier molecular flexibility index (Phi) is 6.33. The molecule has 34 heavy (non-hydrogen) atoms. The summed E-state index contributed by atoms with van der Waals surface area (Å²) in [5.41, 5.74) is 3.59. The zero-order chi connectivity index (χ0) is 23.3. The molecule has 5 rings (SSSR count). The summed E-state index contributed by atoms with van der Waals surface area (Å²) >= 11 is 0. The first-order valence-corrected chi connectivity index (χ1v) is 11.8. The summed E-state index contributed by atoms with van der Waals surface area (Å²) in [6.45, 7) is 0. The van der Waals surface area contributed by atoms with Gasteiger partial charge in [0.25, 0.3) is 5.56 Å². The number of pyridine rings is 1. The first-order valence-electron chi connectivity index (χ1n) is 11.8. The van der Waals surface area contributed by atoms with Gasteiger partial charge < -0.3 is 10.6 Å². The highest BCUT2D eigenvalue weighted by molar-refractivity contribution is 5.89. The van der Waals surface area contributed by atoms with E-state index in [-0.39, 0.29) is 17.6 Å². The molecule has 172 valence electrons. The minimum absolute atomic E-state index is 0.216. The number of hydrogen-bond acceptors (Lipinski definition) is 4. The number of anilines is 1. The highest BCUT2D eigenvalue weighted by Crippen LogP contribution is 2.20. The third-order valence-corrected chi connectivity index (χ3v) is 6.20. The van der Waals surface area contributed by atoms with Gasteiger partial charge in [-0.05, 0) is 48.7 Å². The number of nitrogens with zero attached hydrogens (tertiary/aromatic N) is 3. The molecule has 4 aromatic rings. The van der Waals surface area contributed by atoms with Crippen LogP contribution < -0.4 is 16.2 Å². The van der Waals surface area contributed by atoms with Gasteiger partial charge in [-0.2, -0.15) is 0 Å². The van der Waals surface area contributed by atoms with Crippen LogP contribution in [0.4, 0.5) is 10.5 Å². The average molecular weight is 454 g/mol. The van der Waals surface area contributed by atoms with E-state index in [9.17, 15) is 9.59 Å². The zero-order valence-corrected chi connectivity index (χ0v) is 18.9. The zero-order valence-electron chi connectivity index (χ0n) is 18.9. The van der Waals surface area contributed by atoms with Crippen LogP contribution in [-0.4, -0.2) is 26.6 Å². The van der Waals surface area contributed by atoms with Crippen LogP contribution in [0.2, 0.25) is 0 Å². The maximum absolute atomic E-state index is 13.5. The molecule has 0 aliphatic heterocycles. The Hall–Kier alpha value is -4.00. The third kappa shape index (κ3) is 4.83. The van der Waals surface area contributed by atoms with Gasteiger partial charge in [0.2, 0.25) is 0 Å². The van der Waals surface area contributed by atoms with Gasteiger partial charge in [-0.25, -0.2) is 14.8 Å². The Morgan fingerprint density at radius 3 is 2.62 bits per heavy atom. The number of rotatable bonds is 5. The molecular formula is C27H27N5O2. The number of benzene rings is 2. The number of fused-ring (bicyclic) bond motifs is 1. The standard InChI is InChI=1S/C27H27N5O2/c33-26-24(17-19-9-3-1-4-10-19)31-23-15-8-16-28-25(23)32(26)22-14-7-13-21(18-22)30-27(34)29-20-11-5-2-6-12-20/h1,3-4,7-10,13-16,18,20H,2,5-6,11-12,17H2,(H2,29,30,34). The van der Waals surface area contributed by atoms with E-state index in [1.807, 2.05) is 60.7 Å². The molecule has 0 saturated heterocycles. The quantitative estimate of drug-likeness (QED) is 0.453. The van der Waals surface area contributed by atoms with Gasteiger partial charge in [-0.1, -0.05) is 55.7 Å². The van der Waals surface area contributed by atoms with E-state index in [1.54, 1.807) is 16.8 Å². The fourth-order valence-corrected chi connectivity index (χ4v) is 4.53. The van der Waals surface area contributed by atoms with Crippen molar-refractivity contribution in [3.05, 3.63) is 94.5 Å². The molecule has 0 spiro atoms. The predicted molar refractivity (Wildman–Crippen MR) is 133 cm³/mol. The largest absolute Gasteiger partial charge is 0.335 e. The molecule has 0 radical (unpaired) electrons. The van der Waals surface area contributed by atoms with E-state index in [0.29, 0.717) is 34.7 Å². The molecule has 1 aliphatic rings. The molecule has 0 bridgehead atoms. The molecule has 2 N–H and O–H groups in total. The molecule has 7 nitrogen and oxygen atoms in total. The van der Waals surface area contributed by atoms with Crippen LogP contribution in [-0.2, 0) is 6.42 Å². The molecule has 2 amide bonds. The minimum Gasteiger partial charge on any atom is -0.335 e. The van der Waals surface area contributed by atoms with Crippen LogP contribution >= 0.6 is 0 Å². The van der Waals surface area contributed by atoms with Crippen LogP contribution in [0.3, 0.4) is 0 Å². The van der Waals surface area contributed by atoms with Crippen molar-refractivity contribution in [3.63, 3.8) is 0 Å². The molecule has 2 heterocycles. The molecule has 2 aromatic heterocycles. The van der Waals surface area contributed by atoms with Gasteiger partial charge in [0.15, 0.2) is 5.65 Å². The first-order chi connectivity index (χ1) is 16.7. The molecule has 0 unspecified atom stereocenters. The smallest absolute Gasteiger partial charge is 0.319 e. The molecular weight excluding hydrogens is 426 g/mol. The Balaban J connectivity index is 1.48. The number of hydrogen-bond donors (Lipinski definition) is 2. The van der Waals surface area contributed by atoms with Crippen LogP contribution in [0, 0.1) is 0 Å². The fraction of sp³-hybridized carbons (Fsp3) is 0.259. The first kappa shape index (κ1) is 21.8. The van der Waals surface area contributed by atoms with Crippen LogP contribution in [0.25, 0.3) is 16.9 Å². The van der Waals surface area contributed by atoms with Crippen LogP contribution in [0.15, 0.2) is 77.7 Å². The van der Waals surface area contributed by atoms with Gasteiger partial charge in [-0.15, -0.1) is 0 Å². The van der Waals surface area contributed by atoms with E-state index >= 15 is 0 Å². The van der Waals surface area contributed by atoms with E-state index in [1.165, 1.54) is 6.42 Å². The molecule has 1 aliphatic carbocycles. The van der Waals surface area contributed by atoms with Crippen molar-refractivity contribution in [2.75, 3.05) is 5.32 Å². The normalized spacial score (nSPS) is 14.1. The number of carbonyl (C=O) groups is 1. The lowest BCUT2D eigenvalue weighted by atomic mass is 9.96. The SMILES string of the molecule is O=C(Nc1cccc(-n2c(=O)c(Cc3ccccc3)nc3cccnc32)c1)NC1CCCCC1. The summed E-state index contributed by atoms with van der Waals surface area (Å²) in [7, 11) is 0. The highest BCUT2D eigenvalue weighted by Gasteiger charge is 2.17. The fourth-order valence-electron chi connectivity index (χ4n) is 4.53. The molecule has 7 heteroatoms. The second-order valence-electron chi connectivity index (χ2n) is 8.69. The van der Waals surface area contributed by atoms with Gasteiger partial charge in [-0.3, -0.25) is 9.36 Å². The van der Waals surface area contributed by atoms with Crippen molar-refractivity contribution in [3.8, 4) is 5.69 Å². The second-order valence-corrected chi connectivity index (χ2v) is 8.69. The van der Waals surface area contributed by atoms with Gasteiger partial charge in [0, 0.05) is 24.3 Å². The lowest BCUT2D eigenvalue weighted by molar-refractivity contribution is 0.244. The summed E-state index contributed by atoms with van der Waals surface area (Å²) < 4.78 is 1.57. The Morgan fingerprint density at radius 1 is 0.971 bits per heavy atom. The average Bonchev–Trinajstić information content (AvgIpc) is 2.86. The van der Waals surface area contributed by atoms with E-state index < -0.39 is 0 Å². The van der Waals surface area contributed by atoms with Crippen molar-refractivity contribution >= 4 is 22.9 Å². The summed E-state index contributed by atoms with van der Waals surface area (Å²) in [5, 5.41) is 5.98. The Labute approximate surface area is 197 Å². The summed E-state index contributed by atoms with van der Waals surface area (Å²) in [6, 6.07) is 20.7. The summed E-state index contributed by atoms with van der Waals surface area (Å²) in [4.78, 5) is 35.1. The third-order valence-electron chi connectivity index (χ3n) is 6.20. The second kappa shape index (κ2) is 9.87. The number of amides is 2. The van der Waals surface area contributed by atoms with Crippen LogP contribution in [0.1, 0.15) is 43.4 Å². The van der Waals surface area contributed by atoms with E-state index in [4.69, 9.17) is 0 Å². The van der Waals surface area contributed by atoms with Crippen molar-refractivity contribution in [1.29, 1.82) is 0 Å². The van der Waals surface area contributed by atoms with Crippen molar-refractivity contribution < 1.29 is 4.79 Å². The van der Waals surface area contributed by atoms with E-state index in [2.05, 4.69) is 20.6 Å². The lowest BCUT2D eigenvalue weighted by Crippen LogP contribution is -2.39. The molecule has 2 aromatic carbocycles. The van der Waals surface area contributed by atoms with Gasteiger partial charge >= 0.3 is 6.03 Å². The number of nitrogens with one attached hydrogen (secondary N) is 2. The maximum Gasteiger partial charge on any atom is 0.319 e. The number of carbonyl (C=O) groups excluding carboxylic acids is 1. The van der Waals surface area contributed by atoms with Crippen molar-refractivity contribution in [2.24, 2.45) is 0 Å². The summed E-state index contributed by atoms with van der Waals surface area (Å²) in [5.74, 6) is 0. The van der Waals surface area contributed by atoms with E-state index in [0.717, 1.165) is 31.2 Å². The van der Waals surface area contributed by atoms with Gasteiger partial charge in [0.05, 0.1) is 5.69 Å². The monoisotopic (exact) mass is 453 g/mol. The molecule has 1 saturated carbocycles. The maximum atomic E-state index is 13.5. The molecule has 1 fully saturated rings. The summed E-state index contributed by atoms with van der Waals surface area (Å²) in [6.07, 6.45) is 7.64. The number of aromatic nitrogens is 3. The topological polar surface area (TPSA) is 88.9 Å². The van der Waals surface area contributed by atoms with Crippen molar-refractivity contribution in [1.82, 2.24) is 19.9 Å². The van der Waals surface area contributed by atoms with Crippen LogP contribution in [0.5, 0.6) is 0 Å². The van der Waals surface area contributed by atoms with Gasteiger partial charge in [0.1, 0.15) is 11.2 Å². The number of urea groups is 1. The lowest BCUT2D eigenvalue weighted by Gasteiger charge is -2.23. The predicted octanol–water partition coefficient (Wildman–Crippen LogP) is 4.83. The highest BCUT2D eigenvalue weighted by atomic mass is 16.2. The Bertz CT molecular complexity index is 1360. The molecule has 0 atom stereocenters. The minimum atomic E-state index is -0.223. The van der Waals surface area contributed by atoms with Crippen molar-refractivity contribution in [2.45, 2.75) is 44.6 Å². The Morgan fingerprint density at radius 2 is 1.79 bits per heavy atom.